The third kappa shape index (κ3) is 5.42. The molecule has 1 aliphatic carbocycles. The van der Waals surface area contributed by atoms with Crippen LogP contribution < -0.4 is 0 Å². The second-order valence-electron chi connectivity index (χ2n) is 11.9. The first-order valence-corrected chi connectivity index (χ1v) is 15.5. The lowest BCUT2D eigenvalue weighted by Crippen LogP contribution is -1.98. The normalized spacial score (nSPS) is 11.2. The summed E-state index contributed by atoms with van der Waals surface area (Å²) in [6.07, 6.45) is 0. The van der Waals surface area contributed by atoms with Crippen molar-refractivity contribution in [2.75, 3.05) is 0 Å². The van der Waals surface area contributed by atoms with Gasteiger partial charge in [-0.05, 0) is 80.9 Å². The van der Waals surface area contributed by atoms with Gasteiger partial charge in [-0.25, -0.2) is 35.1 Å². The molecule has 0 amide bonds. The van der Waals surface area contributed by atoms with Crippen LogP contribution in [0.1, 0.15) is 22.3 Å². The first-order valence-electron chi connectivity index (χ1n) is 15.5. The first kappa shape index (κ1) is 34.9. The van der Waals surface area contributed by atoms with Gasteiger partial charge in [0.15, 0.2) is 46.5 Å². The molecule has 4 nitrogen and oxygen atoms in total. The highest BCUT2D eigenvalue weighted by molar-refractivity contribution is 6.07. The highest BCUT2D eigenvalue weighted by Crippen LogP contribution is 2.50. The van der Waals surface area contributed by atoms with E-state index in [1.165, 1.54) is 60.7 Å². The number of hydrogen-bond donors (Lipinski definition) is 0. The lowest BCUT2D eigenvalue weighted by atomic mass is 9.91. The number of halogens is 8. The highest BCUT2D eigenvalue weighted by atomic mass is 19.2. The monoisotopic (exact) mass is 726 g/mol. The predicted molar refractivity (Wildman–Crippen MR) is 180 cm³/mol. The molecule has 0 aliphatic heterocycles. The van der Waals surface area contributed by atoms with Crippen molar-refractivity contribution >= 4 is 5.57 Å². The topological polar surface area (TPSA) is 95.2 Å². The van der Waals surface area contributed by atoms with Gasteiger partial charge in [0.25, 0.3) is 0 Å². The van der Waals surface area contributed by atoms with Gasteiger partial charge in [-0.3, -0.25) is 0 Å². The molecule has 0 N–H and O–H groups in total. The minimum Gasteiger partial charge on any atom is -0.204 e. The number of nitrogens with zero attached hydrogens (tertiary/aromatic N) is 4. The molecule has 6 aromatic rings. The summed E-state index contributed by atoms with van der Waals surface area (Å²) in [6.45, 7) is 0. The van der Waals surface area contributed by atoms with E-state index >= 15 is 0 Å². The Morgan fingerprint density at radius 3 is 1.00 bits per heavy atom. The van der Waals surface area contributed by atoms with Crippen LogP contribution in [-0.2, 0) is 0 Å². The number of fused-ring (bicyclic) bond motifs is 3. The molecule has 0 atom stereocenters. The molecule has 12 heteroatoms. The van der Waals surface area contributed by atoms with Gasteiger partial charge < -0.3 is 0 Å². The van der Waals surface area contributed by atoms with Crippen LogP contribution in [0.5, 0.6) is 0 Å². The Kier molecular flexibility index (Phi) is 8.54. The van der Waals surface area contributed by atoms with Gasteiger partial charge in [0.2, 0.25) is 0 Å². The fourth-order valence-corrected chi connectivity index (χ4v) is 6.50. The summed E-state index contributed by atoms with van der Waals surface area (Å²) in [7, 11) is 0. The van der Waals surface area contributed by atoms with Gasteiger partial charge in [-0.1, -0.05) is 48.5 Å². The lowest BCUT2D eigenvalue weighted by Gasteiger charge is -2.12. The molecule has 7 rings (SSSR count). The zero-order chi connectivity index (χ0) is 38.6. The summed E-state index contributed by atoms with van der Waals surface area (Å²) < 4.78 is 112. The average Bonchev–Trinajstić information content (AvgIpc) is 3.50. The molecule has 0 fully saturated rings. The van der Waals surface area contributed by atoms with E-state index in [4.69, 9.17) is 0 Å². The second-order valence-corrected chi connectivity index (χ2v) is 11.9. The standard InChI is InChI=1S/C42H14F8N4/c43-34-13-28(37(45)41(49)39(34)47)21-5-1-19(2-6-21)26-11-30-31-12-27(20-3-7-22(8-4-20)29-14-35(44)40(48)42(50)38(29)46)24(16-52)10-33(31)36(25(17-53)18-54)32(30)9-23(26)15-51/h1-14H. The Morgan fingerprint density at radius 1 is 0.352 bits per heavy atom. The van der Waals surface area contributed by atoms with Crippen LogP contribution in [0.3, 0.4) is 0 Å². The lowest BCUT2D eigenvalue weighted by molar-refractivity contribution is 0.411. The van der Waals surface area contributed by atoms with E-state index in [-0.39, 0.29) is 33.4 Å². The molecule has 0 saturated heterocycles. The van der Waals surface area contributed by atoms with Crippen LogP contribution in [0.15, 0.2) is 90.5 Å². The average molecular weight is 727 g/mol. The Balaban J connectivity index is 1.38. The first-order chi connectivity index (χ1) is 25.9. The second kappa shape index (κ2) is 13.2. The van der Waals surface area contributed by atoms with E-state index < -0.39 is 57.7 Å². The van der Waals surface area contributed by atoms with E-state index in [0.717, 1.165) is 0 Å². The zero-order valence-electron chi connectivity index (χ0n) is 26.9. The van der Waals surface area contributed by atoms with Crippen molar-refractivity contribution in [2.24, 2.45) is 0 Å². The number of allylic oxidation sites excluding steroid dienone is 1. The van der Waals surface area contributed by atoms with Crippen molar-refractivity contribution in [1.29, 1.82) is 21.0 Å². The molecule has 0 saturated carbocycles. The number of benzene rings is 6. The molecule has 6 aromatic carbocycles. The maximum atomic E-state index is 14.5. The summed E-state index contributed by atoms with van der Waals surface area (Å²) in [5.74, 6) is -14.2. The molecule has 0 spiro atoms. The van der Waals surface area contributed by atoms with Crippen molar-refractivity contribution in [1.82, 2.24) is 0 Å². The number of hydrogen-bond acceptors (Lipinski definition) is 4. The van der Waals surface area contributed by atoms with Gasteiger partial charge in [-0.15, -0.1) is 0 Å². The van der Waals surface area contributed by atoms with Crippen LogP contribution >= 0.6 is 0 Å². The molecule has 0 bridgehead atoms. The number of nitriles is 4. The largest absolute Gasteiger partial charge is 0.204 e. The summed E-state index contributed by atoms with van der Waals surface area (Å²) in [5.41, 5.74) is 1.96. The maximum absolute atomic E-state index is 14.5. The molecule has 0 radical (unpaired) electrons. The van der Waals surface area contributed by atoms with Crippen molar-refractivity contribution in [3.63, 3.8) is 0 Å². The van der Waals surface area contributed by atoms with Crippen LogP contribution in [0.2, 0.25) is 0 Å². The quantitative estimate of drug-likeness (QED) is 0.0781. The van der Waals surface area contributed by atoms with Crippen molar-refractivity contribution in [3.8, 4) is 79.9 Å². The smallest absolute Gasteiger partial charge is 0.198 e. The van der Waals surface area contributed by atoms with Crippen LogP contribution in [0.25, 0.3) is 61.2 Å². The number of rotatable bonds is 4. The maximum Gasteiger partial charge on any atom is 0.198 e. The molecule has 1 aliphatic rings. The van der Waals surface area contributed by atoms with E-state index in [1.54, 1.807) is 12.1 Å². The fourth-order valence-electron chi connectivity index (χ4n) is 6.50. The molecule has 0 aromatic heterocycles. The van der Waals surface area contributed by atoms with Gasteiger partial charge in [-0.2, -0.15) is 21.0 Å². The molecule has 0 heterocycles. The predicted octanol–water partition coefficient (Wildman–Crippen LogP) is 11.0. The fraction of sp³-hybridized carbons (Fsp3) is 0. The zero-order valence-corrected chi connectivity index (χ0v) is 26.9. The molecular weight excluding hydrogens is 712 g/mol. The SMILES string of the molecule is N#CC(C#N)=C1c2cc(C#N)c(-c3ccc(-c4cc(F)c(F)c(F)c4F)cc3)cc2-c2cc(-c3ccc(-c4cc(F)c(F)c(F)c4F)cc3)c(C#N)cc21. The van der Waals surface area contributed by atoms with E-state index in [1.807, 2.05) is 12.1 Å². The third-order valence-corrected chi connectivity index (χ3v) is 9.08. The molecular formula is C42H14F8N4. The van der Waals surface area contributed by atoms with Crippen LogP contribution in [-0.4, -0.2) is 0 Å². The van der Waals surface area contributed by atoms with Crippen molar-refractivity contribution < 1.29 is 35.1 Å². The minimum absolute atomic E-state index is 0.00842. The van der Waals surface area contributed by atoms with Gasteiger partial charge in [0, 0.05) is 27.8 Å². The van der Waals surface area contributed by atoms with Gasteiger partial charge in [0.1, 0.15) is 17.7 Å². The molecule has 258 valence electrons. The van der Waals surface area contributed by atoms with Gasteiger partial charge >= 0.3 is 0 Å². The Hall–Kier alpha value is -7.54. The Labute approximate surface area is 300 Å². The van der Waals surface area contributed by atoms with Crippen LogP contribution in [0, 0.1) is 91.9 Å². The summed E-state index contributed by atoms with van der Waals surface area (Å²) in [4.78, 5) is 0. The summed E-state index contributed by atoms with van der Waals surface area (Å²) >= 11 is 0. The molecule has 0 unspecified atom stereocenters. The highest BCUT2D eigenvalue weighted by Gasteiger charge is 2.31. The minimum atomic E-state index is -1.97. The van der Waals surface area contributed by atoms with Crippen molar-refractivity contribution in [2.45, 2.75) is 0 Å². The summed E-state index contributed by atoms with van der Waals surface area (Å²) in [5, 5.41) is 40.1. The van der Waals surface area contributed by atoms with E-state index in [0.29, 0.717) is 56.6 Å². The van der Waals surface area contributed by atoms with E-state index in [9.17, 15) is 56.2 Å². The third-order valence-electron chi connectivity index (χ3n) is 9.08. The van der Waals surface area contributed by atoms with Gasteiger partial charge in [0.05, 0.1) is 23.3 Å². The Bertz CT molecular complexity index is 2640. The van der Waals surface area contributed by atoms with E-state index in [2.05, 4.69) is 12.1 Å². The van der Waals surface area contributed by atoms with Crippen LogP contribution in [0.4, 0.5) is 35.1 Å². The summed E-state index contributed by atoms with van der Waals surface area (Å²) in [6, 6.07) is 26.1. The van der Waals surface area contributed by atoms with Crippen molar-refractivity contribution in [3.05, 3.63) is 159 Å². The molecule has 54 heavy (non-hydrogen) atoms. The Morgan fingerprint density at radius 2 is 0.685 bits per heavy atom.